The first-order valence-electron chi connectivity index (χ1n) is 6.94. The molecule has 0 aliphatic heterocycles. The molecule has 2 fully saturated rings. The van der Waals surface area contributed by atoms with E-state index in [4.69, 9.17) is 4.74 Å². The Labute approximate surface area is 131 Å². The number of fused-ring (bicyclic) bond motifs is 2. The Hall–Kier alpha value is -0.220. The number of nitrogens with one attached hydrogen (secondary N) is 1. The highest BCUT2D eigenvalue weighted by molar-refractivity contribution is 9.11. The summed E-state index contributed by atoms with van der Waals surface area (Å²) in [5.74, 6) is 3.72. The van der Waals surface area contributed by atoms with Gasteiger partial charge < -0.3 is 10.1 Å². The van der Waals surface area contributed by atoms with Gasteiger partial charge in [0.25, 0.3) is 0 Å². The summed E-state index contributed by atoms with van der Waals surface area (Å²) < 4.78 is 7.42. The second kappa shape index (κ2) is 5.65. The molecule has 0 heterocycles. The Morgan fingerprint density at radius 1 is 1.21 bits per heavy atom. The molecule has 19 heavy (non-hydrogen) atoms. The van der Waals surface area contributed by atoms with Crippen LogP contribution in [-0.2, 0) is 0 Å². The molecular weight excluding hydrogens is 370 g/mol. The van der Waals surface area contributed by atoms with E-state index in [1.807, 2.05) is 6.07 Å². The van der Waals surface area contributed by atoms with Gasteiger partial charge in [-0.25, -0.2) is 0 Å². The number of ether oxygens (including phenoxy) is 1. The summed E-state index contributed by atoms with van der Waals surface area (Å²) in [5.41, 5.74) is 1.13. The van der Waals surface area contributed by atoms with E-state index in [0.717, 1.165) is 44.7 Å². The van der Waals surface area contributed by atoms with Crippen molar-refractivity contribution in [2.45, 2.75) is 25.7 Å². The first-order chi connectivity index (χ1) is 9.17. The van der Waals surface area contributed by atoms with E-state index in [9.17, 15) is 0 Å². The Balaban J connectivity index is 1.66. The van der Waals surface area contributed by atoms with Crippen LogP contribution in [0.15, 0.2) is 21.1 Å². The van der Waals surface area contributed by atoms with Crippen molar-refractivity contribution in [3.63, 3.8) is 0 Å². The number of anilines is 1. The number of benzene rings is 1. The second-order valence-electron chi connectivity index (χ2n) is 5.78. The van der Waals surface area contributed by atoms with Crippen LogP contribution in [0.5, 0.6) is 5.75 Å². The molecule has 3 unspecified atom stereocenters. The van der Waals surface area contributed by atoms with Gasteiger partial charge in [0.15, 0.2) is 0 Å². The van der Waals surface area contributed by atoms with E-state index in [2.05, 4.69) is 43.2 Å². The van der Waals surface area contributed by atoms with Crippen LogP contribution in [0.25, 0.3) is 0 Å². The molecule has 0 saturated heterocycles. The highest BCUT2D eigenvalue weighted by Crippen LogP contribution is 2.48. The summed E-state index contributed by atoms with van der Waals surface area (Å²) in [6.45, 7) is 1.09. The van der Waals surface area contributed by atoms with Crippen LogP contribution in [0, 0.1) is 17.8 Å². The average molecular weight is 389 g/mol. The molecule has 2 nitrogen and oxygen atoms in total. The third-order valence-corrected chi connectivity index (χ3v) is 5.96. The normalized spacial score (nSPS) is 28.7. The maximum atomic E-state index is 5.35. The van der Waals surface area contributed by atoms with Crippen molar-refractivity contribution in [3.05, 3.63) is 21.1 Å². The molecule has 4 heteroatoms. The minimum atomic E-state index is 0.861. The lowest BCUT2D eigenvalue weighted by atomic mass is 9.89. The van der Waals surface area contributed by atoms with E-state index in [1.165, 1.54) is 25.7 Å². The third kappa shape index (κ3) is 2.80. The van der Waals surface area contributed by atoms with Gasteiger partial charge in [-0.2, -0.15) is 0 Å². The molecule has 104 valence electrons. The summed E-state index contributed by atoms with van der Waals surface area (Å²) in [7, 11) is 1.70. The van der Waals surface area contributed by atoms with E-state index < -0.39 is 0 Å². The molecule has 0 amide bonds. The monoisotopic (exact) mass is 387 g/mol. The highest BCUT2D eigenvalue weighted by atomic mass is 79.9. The fourth-order valence-corrected chi connectivity index (χ4v) is 4.98. The number of methoxy groups -OCH3 is 1. The third-order valence-electron chi connectivity index (χ3n) is 4.68. The predicted octanol–water partition coefficient (Wildman–Crippen LogP) is 5.07. The van der Waals surface area contributed by atoms with Crippen LogP contribution in [0.3, 0.4) is 0 Å². The van der Waals surface area contributed by atoms with E-state index in [0.29, 0.717) is 0 Å². The van der Waals surface area contributed by atoms with Gasteiger partial charge in [-0.15, -0.1) is 0 Å². The zero-order valence-corrected chi connectivity index (χ0v) is 14.3. The number of hydrogen-bond donors (Lipinski definition) is 1. The topological polar surface area (TPSA) is 21.3 Å². The molecule has 3 atom stereocenters. The fourth-order valence-electron chi connectivity index (χ4n) is 3.69. The highest BCUT2D eigenvalue weighted by Gasteiger charge is 2.39. The summed E-state index contributed by atoms with van der Waals surface area (Å²) in [4.78, 5) is 0. The molecule has 1 aromatic rings. The Morgan fingerprint density at radius 2 is 2.05 bits per heavy atom. The lowest BCUT2D eigenvalue weighted by molar-refractivity contribution is 0.348. The summed E-state index contributed by atoms with van der Waals surface area (Å²) in [6, 6.07) is 4.10. The second-order valence-corrected chi connectivity index (χ2v) is 7.49. The Bertz CT molecular complexity index is 477. The first kappa shape index (κ1) is 13.7. The zero-order valence-electron chi connectivity index (χ0n) is 11.1. The number of hydrogen-bond acceptors (Lipinski definition) is 2. The van der Waals surface area contributed by atoms with Crippen molar-refractivity contribution < 1.29 is 4.74 Å². The smallest absolute Gasteiger partial charge is 0.135 e. The van der Waals surface area contributed by atoms with Gasteiger partial charge >= 0.3 is 0 Å². The van der Waals surface area contributed by atoms with Gasteiger partial charge in [0.1, 0.15) is 5.75 Å². The van der Waals surface area contributed by atoms with Gasteiger partial charge in [0.2, 0.25) is 0 Å². The molecule has 0 aromatic heterocycles. The minimum absolute atomic E-state index is 0.861. The van der Waals surface area contributed by atoms with Crippen LogP contribution in [0.1, 0.15) is 25.7 Å². The molecule has 2 aliphatic rings. The van der Waals surface area contributed by atoms with Crippen LogP contribution < -0.4 is 10.1 Å². The van der Waals surface area contributed by atoms with Crippen molar-refractivity contribution in [1.82, 2.24) is 0 Å². The van der Waals surface area contributed by atoms with Crippen molar-refractivity contribution in [1.29, 1.82) is 0 Å². The lowest BCUT2D eigenvalue weighted by Gasteiger charge is -2.23. The standard InChI is InChI=1S/C15H19Br2NO/c1-19-15-7-14(12(16)6-13(15)17)18-8-11-5-9-2-3-10(11)4-9/h6-7,9-11,18H,2-5,8H2,1H3. The summed E-state index contributed by atoms with van der Waals surface area (Å²) in [6.07, 6.45) is 5.80. The predicted molar refractivity (Wildman–Crippen MR) is 85.8 cm³/mol. The van der Waals surface area contributed by atoms with Crippen LogP contribution in [0.2, 0.25) is 0 Å². The van der Waals surface area contributed by atoms with Crippen molar-refractivity contribution in [2.75, 3.05) is 19.0 Å². The SMILES string of the molecule is COc1cc(NCC2CC3CCC2C3)c(Br)cc1Br. The van der Waals surface area contributed by atoms with Crippen LogP contribution in [0.4, 0.5) is 5.69 Å². The first-order valence-corrected chi connectivity index (χ1v) is 8.53. The van der Waals surface area contributed by atoms with Gasteiger partial charge in [0, 0.05) is 17.1 Å². The molecule has 1 aromatic carbocycles. The van der Waals surface area contributed by atoms with Crippen molar-refractivity contribution in [3.8, 4) is 5.75 Å². The molecule has 2 saturated carbocycles. The maximum absolute atomic E-state index is 5.35. The summed E-state index contributed by atoms with van der Waals surface area (Å²) >= 11 is 7.12. The average Bonchev–Trinajstić information content (AvgIpc) is 3.00. The van der Waals surface area contributed by atoms with E-state index >= 15 is 0 Å². The van der Waals surface area contributed by atoms with Gasteiger partial charge in [-0.05, 0) is 74.9 Å². The lowest BCUT2D eigenvalue weighted by Crippen LogP contribution is -2.20. The van der Waals surface area contributed by atoms with Crippen LogP contribution in [-0.4, -0.2) is 13.7 Å². The van der Waals surface area contributed by atoms with Crippen LogP contribution >= 0.6 is 31.9 Å². The Kier molecular flexibility index (Phi) is 4.08. The molecule has 1 N–H and O–H groups in total. The van der Waals surface area contributed by atoms with Crippen molar-refractivity contribution in [2.24, 2.45) is 17.8 Å². The van der Waals surface area contributed by atoms with E-state index in [-0.39, 0.29) is 0 Å². The van der Waals surface area contributed by atoms with Gasteiger partial charge in [-0.1, -0.05) is 6.42 Å². The van der Waals surface area contributed by atoms with Gasteiger partial charge in [0.05, 0.1) is 17.3 Å². The zero-order chi connectivity index (χ0) is 13.4. The molecule has 0 spiro atoms. The maximum Gasteiger partial charge on any atom is 0.135 e. The fraction of sp³-hybridized carbons (Fsp3) is 0.600. The molecular formula is C15H19Br2NO. The quantitative estimate of drug-likeness (QED) is 0.777. The largest absolute Gasteiger partial charge is 0.495 e. The number of rotatable bonds is 4. The Morgan fingerprint density at radius 3 is 2.68 bits per heavy atom. The molecule has 2 bridgehead atoms. The van der Waals surface area contributed by atoms with E-state index in [1.54, 1.807) is 7.11 Å². The number of halogens is 2. The molecule has 0 radical (unpaired) electrons. The minimum Gasteiger partial charge on any atom is -0.495 e. The summed E-state index contributed by atoms with van der Waals surface area (Å²) in [5, 5.41) is 3.59. The van der Waals surface area contributed by atoms with Gasteiger partial charge in [-0.3, -0.25) is 0 Å². The molecule has 3 rings (SSSR count). The molecule has 2 aliphatic carbocycles. The van der Waals surface area contributed by atoms with Crippen molar-refractivity contribution >= 4 is 37.5 Å².